The quantitative estimate of drug-likeness (QED) is 0.406. The molecule has 0 bridgehead atoms. The maximum absolute atomic E-state index is 13.2. The second-order valence-corrected chi connectivity index (χ2v) is 8.12. The Bertz CT molecular complexity index is 1110. The van der Waals surface area contributed by atoms with Crippen LogP contribution in [0, 0.1) is 17.0 Å². The van der Waals surface area contributed by atoms with Gasteiger partial charge in [-0.3, -0.25) is 14.4 Å². The second-order valence-electron chi connectivity index (χ2n) is 6.29. The lowest BCUT2D eigenvalue weighted by atomic mass is 10.2. The summed E-state index contributed by atoms with van der Waals surface area (Å²) < 4.78 is 33.4. The van der Waals surface area contributed by atoms with Gasteiger partial charge in [0.25, 0.3) is 15.7 Å². The Morgan fingerprint density at radius 1 is 0.966 bits per heavy atom. The van der Waals surface area contributed by atoms with Gasteiger partial charge in [0.2, 0.25) is 0 Å². The van der Waals surface area contributed by atoms with Crippen LogP contribution in [-0.2, 0) is 10.0 Å². The van der Waals surface area contributed by atoms with Crippen LogP contribution in [0.2, 0.25) is 0 Å². The van der Waals surface area contributed by atoms with Crippen LogP contribution in [-0.4, -0.2) is 19.9 Å². The van der Waals surface area contributed by atoms with E-state index in [1.807, 2.05) is 30.3 Å². The van der Waals surface area contributed by atoms with Crippen LogP contribution in [0.4, 0.5) is 11.4 Å². The van der Waals surface area contributed by atoms with E-state index in [2.05, 4.69) is 0 Å². The predicted molar refractivity (Wildman–Crippen MR) is 111 cm³/mol. The van der Waals surface area contributed by atoms with E-state index in [1.54, 1.807) is 38.1 Å². The minimum Gasteiger partial charge on any atom is -0.457 e. The van der Waals surface area contributed by atoms with Gasteiger partial charge in [0.05, 0.1) is 15.5 Å². The molecule has 0 radical (unpaired) electrons. The van der Waals surface area contributed by atoms with Crippen molar-refractivity contribution in [3.05, 3.63) is 88.5 Å². The number of sulfonamides is 1. The smallest absolute Gasteiger partial charge is 0.270 e. The summed E-state index contributed by atoms with van der Waals surface area (Å²) in [5, 5.41) is 11.1. The largest absolute Gasteiger partial charge is 0.457 e. The highest BCUT2D eigenvalue weighted by atomic mass is 32.2. The molecule has 0 saturated carbocycles. The zero-order valence-corrected chi connectivity index (χ0v) is 16.8. The molecule has 0 unspecified atom stereocenters. The van der Waals surface area contributed by atoms with E-state index < -0.39 is 14.9 Å². The molecular weight excluding hydrogens is 392 g/mol. The van der Waals surface area contributed by atoms with Crippen LogP contribution in [0.5, 0.6) is 11.5 Å². The summed E-state index contributed by atoms with van der Waals surface area (Å²) in [5.74, 6) is 1.24. The minimum absolute atomic E-state index is 0.0850. The zero-order valence-electron chi connectivity index (χ0n) is 16.0. The molecule has 0 heterocycles. The topological polar surface area (TPSA) is 89.8 Å². The summed E-state index contributed by atoms with van der Waals surface area (Å²) in [7, 11) is -3.97. The van der Waals surface area contributed by atoms with Crippen molar-refractivity contribution in [3.63, 3.8) is 0 Å². The van der Waals surface area contributed by atoms with Gasteiger partial charge in [0.15, 0.2) is 0 Å². The average Bonchev–Trinajstić information content (AvgIpc) is 2.70. The fraction of sp³-hybridized carbons (Fsp3) is 0.143. The number of nitro benzene ring substituents is 1. The summed E-state index contributed by atoms with van der Waals surface area (Å²) >= 11 is 0. The predicted octanol–water partition coefficient (Wildman–Crippen LogP) is 4.91. The van der Waals surface area contributed by atoms with Crippen LogP contribution >= 0.6 is 0 Å². The average molecular weight is 412 g/mol. The number of non-ortho nitro benzene ring substituents is 1. The van der Waals surface area contributed by atoms with E-state index in [-0.39, 0.29) is 17.1 Å². The number of anilines is 1. The Kier molecular flexibility index (Phi) is 5.84. The van der Waals surface area contributed by atoms with E-state index in [9.17, 15) is 18.5 Å². The first-order valence-corrected chi connectivity index (χ1v) is 10.4. The Morgan fingerprint density at radius 2 is 1.59 bits per heavy atom. The molecule has 0 spiro atoms. The molecule has 0 atom stereocenters. The first kappa shape index (κ1) is 20.3. The van der Waals surface area contributed by atoms with Crippen LogP contribution < -0.4 is 9.04 Å². The van der Waals surface area contributed by atoms with Gasteiger partial charge in [0, 0.05) is 18.7 Å². The molecule has 150 valence electrons. The Balaban J connectivity index is 1.92. The Labute approximate surface area is 169 Å². The number of hydrogen-bond acceptors (Lipinski definition) is 5. The molecule has 0 saturated heterocycles. The van der Waals surface area contributed by atoms with Crippen molar-refractivity contribution >= 4 is 21.4 Å². The maximum Gasteiger partial charge on any atom is 0.270 e. The van der Waals surface area contributed by atoms with Crippen LogP contribution in [0.15, 0.2) is 77.7 Å². The Morgan fingerprint density at radius 3 is 2.17 bits per heavy atom. The second kappa shape index (κ2) is 8.32. The molecule has 3 aromatic rings. The molecule has 0 aliphatic heterocycles. The lowest BCUT2D eigenvalue weighted by Gasteiger charge is -2.24. The van der Waals surface area contributed by atoms with Gasteiger partial charge in [-0.1, -0.05) is 24.3 Å². The van der Waals surface area contributed by atoms with E-state index in [1.165, 1.54) is 16.4 Å². The van der Waals surface area contributed by atoms with Crippen molar-refractivity contribution in [3.8, 4) is 11.5 Å². The lowest BCUT2D eigenvalue weighted by molar-refractivity contribution is -0.385. The number of hydrogen-bond donors (Lipinski definition) is 0. The highest BCUT2D eigenvalue weighted by Crippen LogP contribution is 2.30. The fourth-order valence-electron chi connectivity index (χ4n) is 2.90. The standard InChI is InChI=1S/C21H20N2O5S/c1-3-22(29(26,27)21-15-18(23(24)25)10-9-16(21)2)17-11-13-20(14-12-17)28-19-7-5-4-6-8-19/h4-15H,3H2,1-2H3. The third kappa shape index (κ3) is 4.38. The van der Waals surface area contributed by atoms with Crippen molar-refractivity contribution < 1.29 is 18.1 Å². The van der Waals surface area contributed by atoms with Crippen LogP contribution in [0.3, 0.4) is 0 Å². The van der Waals surface area contributed by atoms with E-state index in [0.717, 1.165) is 6.07 Å². The van der Waals surface area contributed by atoms with Crippen molar-refractivity contribution in [2.24, 2.45) is 0 Å². The molecule has 3 rings (SSSR count). The molecule has 29 heavy (non-hydrogen) atoms. The molecule has 7 nitrogen and oxygen atoms in total. The van der Waals surface area contributed by atoms with E-state index in [4.69, 9.17) is 4.74 Å². The molecule has 3 aromatic carbocycles. The van der Waals surface area contributed by atoms with Crippen molar-refractivity contribution in [1.29, 1.82) is 0 Å². The number of nitrogens with zero attached hydrogens (tertiary/aromatic N) is 2. The van der Waals surface area contributed by atoms with Crippen molar-refractivity contribution in [2.75, 3.05) is 10.8 Å². The lowest BCUT2D eigenvalue weighted by Crippen LogP contribution is -2.31. The number of ether oxygens (including phenoxy) is 1. The maximum atomic E-state index is 13.2. The molecule has 0 N–H and O–H groups in total. The fourth-order valence-corrected chi connectivity index (χ4v) is 4.62. The monoisotopic (exact) mass is 412 g/mol. The highest BCUT2D eigenvalue weighted by molar-refractivity contribution is 7.92. The number of rotatable bonds is 7. The molecule has 0 amide bonds. The first-order chi connectivity index (χ1) is 13.8. The molecule has 8 heteroatoms. The van der Waals surface area contributed by atoms with E-state index in [0.29, 0.717) is 22.7 Å². The molecule has 0 aliphatic rings. The van der Waals surface area contributed by atoms with Gasteiger partial charge in [-0.25, -0.2) is 8.42 Å². The van der Waals surface area contributed by atoms with E-state index >= 15 is 0 Å². The molecule has 0 aliphatic carbocycles. The molecular formula is C21H20N2O5S. The number of nitro groups is 1. The van der Waals surface area contributed by atoms with Gasteiger partial charge in [-0.2, -0.15) is 0 Å². The summed E-state index contributed by atoms with van der Waals surface area (Å²) in [5.41, 5.74) is 0.619. The van der Waals surface area contributed by atoms with Crippen molar-refractivity contribution in [1.82, 2.24) is 0 Å². The summed E-state index contributed by atoms with van der Waals surface area (Å²) in [6, 6.07) is 19.7. The number of para-hydroxylation sites is 1. The normalized spacial score (nSPS) is 11.1. The zero-order chi connectivity index (χ0) is 21.0. The molecule has 0 aromatic heterocycles. The highest BCUT2D eigenvalue weighted by Gasteiger charge is 2.27. The summed E-state index contributed by atoms with van der Waals surface area (Å²) in [6.07, 6.45) is 0. The van der Waals surface area contributed by atoms with Crippen LogP contribution in [0.25, 0.3) is 0 Å². The van der Waals surface area contributed by atoms with Gasteiger partial charge in [0.1, 0.15) is 11.5 Å². The third-order valence-electron chi connectivity index (χ3n) is 4.34. The SMILES string of the molecule is CCN(c1ccc(Oc2ccccc2)cc1)S(=O)(=O)c1cc([N+](=O)[O-])ccc1C. The minimum atomic E-state index is -3.97. The Hall–Kier alpha value is -3.39. The number of aryl methyl sites for hydroxylation is 1. The number of benzene rings is 3. The van der Waals surface area contributed by atoms with Gasteiger partial charge < -0.3 is 4.74 Å². The van der Waals surface area contributed by atoms with Gasteiger partial charge >= 0.3 is 0 Å². The summed E-state index contributed by atoms with van der Waals surface area (Å²) in [6.45, 7) is 3.49. The first-order valence-electron chi connectivity index (χ1n) is 8.93. The van der Waals surface area contributed by atoms with Gasteiger partial charge in [-0.05, 0) is 55.8 Å². The summed E-state index contributed by atoms with van der Waals surface area (Å²) in [4.78, 5) is 10.4. The third-order valence-corrected chi connectivity index (χ3v) is 6.39. The van der Waals surface area contributed by atoms with Crippen molar-refractivity contribution in [2.45, 2.75) is 18.7 Å². The molecule has 0 fully saturated rings. The van der Waals surface area contributed by atoms with Crippen LogP contribution in [0.1, 0.15) is 12.5 Å². The van der Waals surface area contributed by atoms with Gasteiger partial charge in [-0.15, -0.1) is 0 Å².